The summed E-state index contributed by atoms with van der Waals surface area (Å²) in [7, 11) is 0. The molecular weight excluding hydrogens is 605 g/mol. The highest BCUT2D eigenvalue weighted by molar-refractivity contribution is 6.19. The molecule has 0 spiro atoms. The Morgan fingerprint density at radius 1 is 0.220 bits per heavy atom. The predicted molar refractivity (Wildman–Crippen MR) is 211 cm³/mol. The maximum absolute atomic E-state index is 2.45. The van der Waals surface area contributed by atoms with Gasteiger partial charge in [-0.3, -0.25) is 0 Å². The molecule has 0 amide bonds. The highest BCUT2D eigenvalue weighted by Gasteiger charge is 2.19. The number of rotatable bonds is 5. The highest BCUT2D eigenvalue weighted by Crippen LogP contribution is 2.41. The fourth-order valence-corrected chi connectivity index (χ4v) is 7.76. The Morgan fingerprint density at radius 3 is 1.20 bits per heavy atom. The number of hydrogen-bond donors (Lipinski definition) is 0. The lowest BCUT2D eigenvalue weighted by atomic mass is 10.0. The van der Waals surface area contributed by atoms with Crippen molar-refractivity contribution in [1.29, 1.82) is 0 Å². The van der Waals surface area contributed by atoms with Gasteiger partial charge in [-0.15, -0.1) is 0 Å². The largest absolute Gasteiger partial charge is 0.309 e. The molecule has 234 valence electrons. The van der Waals surface area contributed by atoms with Crippen LogP contribution >= 0.6 is 0 Å². The molecule has 10 aromatic rings. The Hall–Kier alpha value is -6.64. The Kier molecular flexibility index (Phi) is 6.53. The molecule has 50 heavy (non-hydrogen) atoms. The van der Waals surface area contributed by atoms with Crippen LogP contribution in [-0.4, -0.2) is 9.13 Å². The predicted octanol–water partition coefficient (Wildman–Crippen LogP) is 12.9. The van der Waals surface area contributed by atoms with E-state index in [2.05, 4.69) is 203 Å². The summed E-state index contributed by atoms with van der Waals surface area (Å²) in [5, 5.41) is 4.99. The Morgan fingerprint density at radius 2 is 0.640 bits per heavy atom. The zero-order valence-corrected chi connectivity index (χ0v) is 27.4. The number of hydrogen-bond acceptors (Lipinski definition) is 0. The zero-order valence-electron chi connectivity index (χ0n) is 27.4. The quantitative estimate of drug-likeness (QED) is 0.178. The molecule has 0 atom stereocenters. The van der Waals surface area contributed by atoms with Crippen LogP contribution in [0.2, 0.25) is 0 Å². The van der Waals surface area contributed by atoms with Gasteiger partial charge in [0.15, 0.2) is 0 Å². The van der Waals surface area contributed by atoms with Crippen LogP contribution in [0.3, 0.4) is 0 Å². The molecule has 0 saturated carbocycles. The van der Waals surface area contributed by atoms with Crippen LogP contribution in [0.1, 0.15) is 0 Å². The fraction of sp³-hybridized carbons (Fsp3) is 0. The number of fused-ring (bicyclic) bond motifs is 6. The molecule has 2 heteroatoms. The Labute approximate surface area is 290 Å². The molecule has 2 aromatic heterocycles. The minimum Gasteiger partial charge on any atom is -0.309 e. The normalized spacial score (nSPS) is 11.6. The molecule has 0 aliphatic heterocycles. The zero-order chi connectivity index (χ0) is 33.0. The lowest BCUT2D eigenvalue weighted by molar-refractivity contribution is 1.16. The SMILES string of the molecule is c1ccc(-c2cccc(-n3c4ccccc4c4cc5c6cc(-c7ccccc7)ccc6n(-c6cccc(-c7ccccc7)c6)c5cc43)c2)cc1. The molecule has 0 saturated heterocycles. The van der Waals surface area contributed by atoms with E-state index >= 15 is 0 Å². The van der Waals surface area contributed by atoms with Gasteiger partial charge in [0.25, 0.3) is 0 Å². The van der Waals surface area contributed by atoms with Crippen molar-refractivity contribution < 1.29 is 0 Å². The van der Waals surface area contributed by atoms with Crippen LogP contribution in [0.25, 0.3) is 88.4 Å². The number of aromatic nitrogens is 2. The lowest BCUT2D eigenvalue weighted by Gasteiger charge is -2.12. The van der Waals surface area contributed by atoms with Gasteiger partial charge in [0.1, 0.15) is 0 Å². The van der Waals surface area contributed by atoms with Crippen LogP contribution in [0.4, 0.5) is 0 Å². The third-order valence-electron chi connectivity index (χ3n) is 10.1. The molecule has 0 bridgehead atoms. The van der Waals surface area contributed by atoms with Crippen LogP contribution in [0.5, 0.6) is 0 Å². The summed E-state index contributed by atoms with van der Waals surface area (Å²) < 4.78 is 4.89. The van der Waals surface area contributed by atoms with Crippen LogP contribution in [0, 0.1) is 0 Å². The summed E-state index contributed by atoms with van der Waals surface area (Å²) in [5.41, 5.74) is 14.3. The monoisotopic (exact) mass is 636 g/mol. The first kappa shape index (κ1) is 28.4. The van der Waals surface area contributed by atoms with Gasteiger partial charge >= 0.3 is 0 Å². The average molecular weight is 637 g/mol. The standard InChI is InChI=1S/C48H32N2/c1-4-14-33(15-5-1)36-20-12-22-39(28-36)49-45-25-11-10-24-41(45)43-31-44-42-30-38(35-18-8-3-9-19-35)26-27-46(42)50(48(44)32-47(43)49)40-23-13-21-37(29-40)34-16-6-2-7-17-34/h1-32H. The summed E-state index contributed by atoms with van der Waals surface area (Å²) in [6.07, 6.45) is 0. The van der Waals surface area contributed by atoms with Gasteiger partial charge in [-0.05, 0) is 88.0 Å². The highest BCUT2D eigenvalue weighted by atomic mass is 15.0. The van der Waals surface area contributed by atoms with Gasteiger partial charge in [-0.1, -0.05) is 140 Å². The molecule has 2 heterocycles. The van der Waals surface area contributed by atoms with Crippen molar-refractivity contribution in [2.75, 3.05) is 0 Å². The molecule has 8 aromatic carbocycles. The Bertz CT molecular complexity index is 2840. The van der Waals surface area contributed by atoms with Crippen LogP contribution in [-0.2, 0) is 0 Å². The van der Waals surface area contributed by atoms with Gasteiger partial charge in [0, 0.05) is 32.9 Å². The first-order valence-corrected chi connectivity index (χ1v) is 17.2. The van der Waals surface area contributed by atoms with E-state index in [1.165, 1.54) is 77.0 Å². The second-order valence-corrected chi connectivity index (χ2v) is 13.0. The molecule has 0 aliphatic rings. The van der Waals surface area contributed by atoms with Crippen molar-refractivity contribution >= 4 is 43.6 Å². The lowest BCUT2D eigenvalue weighted by Crippen LogP contribution is -1.96. The smallest absolute Gasteiger partial charge is 0.0562 e. The van der Waals surface area contributed by atoms with E-state index in [4.69, 9.17) is 0 Å². The first-order valence-electron chi connectivity index (χ1n) is 17.2. The van der Waals surface area contributed by atoms with Crippen molar-refractivity contribution in [3.63, 3.8) is 0 Å². The number of para-hydroxylation sites is 1. The minimum atomic E-state index is 1.15. The summed E-state index contributed by atoms with van der Waals surface area (Å²) in [5.74, 6) is 0. The summed E-state index contributed by atoms with van der Waals surface area (Å²) in [4.78, 5) is 0. The third kappa shape index (κ3) is 4.57. The topological polar surface area (TPSA) is 9.86 Å². The van der Waals surface area contributed by atoms with E-state index in [9.17, 15) is 0 Å². The molecule has 2 nitrogen and oxygen atoms in total. The molecule has 0 fully saturated rings. The van der Waals surface area contributed by atoms with Gasteiger partial charge in [0.05, 0.1) is 22.1 Å². The van der Waals surface area contributed by atoms with Crippen molar-refractivity contribution in [2.24, 2.45) is 0 Å². The summed E-state index contributed by atoms with van der Waals surface area (Å²) in [6.45, 7) is 0. The molecule has 0 N–H and O–H groups in total. The minimum absolute atomic E-state index is 1.15. The molecular formula is C48H32N2. The molecule has 0 unspecified atom stereocenters. The van der Waals surface area contributed by atoms with E-state index in [1.54, 1.807) is 0 Å². The van der Waals surface area contributed by atoms with E-state index in [1.807, 2.05) is 0 Å². The van der Waals surface area contributed by atoms with Gasteiger partial charge < -0.3 is 9.13 Å². The van der Waals surface area contributed by atoms with Gasteiger partial charge in [-0.25, -0.2) is 0 Å². The van der Waals surface area contributed by atoms with Gasteiger partial charge in [-0.2, -0.15) is 0 Å². The summed E-state index contributed by atoms with van der Waals surface area (Å²) in [6, 6.07) is 70.4. The second-order valence-electron chi connectivity index (χ2n) is 13.0. The van der Waals surface area contributed by atoms with Crippen molar-refractivity contribution in [3.05, 3.63) is 194 Å². The first-order chi connectivity index (χ1) is 24.8. The second kappa shape index (κ2) is 11.5. The Balaban J connectivity index is 1.29. The van der Waals surface area contributed by atoms with E-state index < -0.39 is 0 Å². The molecule has 0 aliphatic carbocycles. The maximum atomic E-state index is 2.45. The van der Waals surface area contributed by atoms with Crippen molar-refractivity contribution in [1.82, 2.24) is 9.13 Å². The third-order valence-corrected chi connectivity index (χ3v) is 10.1. The molecule has 0 radical (unpaired) electrons. The average Bonchev–Trinajstić information content (AvgIpc) is 3.69. The molecule has 10 rings (SSSR count). The number of benzene rings is 8. The number of nitrogens with zero attached hydrogens (tertiary/aromatic N) is 2. The van der Waals surface area contributed by atoms with Crippen molar-refractivity contribution in [3.8, 4) is 44.8 Å². The van der Waals surface area contributed by atoms with Crippen molar-refractivity contribution in [2.45, 2.75) is 0 Å². The maximum Gasteiger partial charge on any atom is 0.0562 e. The summed E-state index contributed by atoms with van der Waals surface area (Å²) >= 11 is 0. The van der Waals surface area contributed by atoms with E-state index in [-0.39, 0.29) is 0 Å². The van der Waals surface area contributed by atoms with E-state index in [0.717, 1.165) is 11.4 Å². The van der Waals surface area contributed by atoms with Crippen LogP contribution in [0.15, 0.2) is 194 Å². The fourth-order valence-electron chi connectivity index (χ4n) is 7.76. The van der Waals surface area contributed by atoms with E-state index in [0.29, 0.717) is 0 Å². The van der Waals surface area contributed by atoms with Gasteiger partial charge in [0.2, 0.25) is 0 Å². The van der Waals surface area contributed by atoms with Crippen LogP contribution < -0.4 is 0 Å².